The number of methoxy groups -OCH3 is 1. The molecule has 3 atom stereocenters. The SMILES string of the molecule is COCCN(C(C)CC(C)(N)CO)C(C)C1CC1. The van der Waals surface area contributed by atoms with Gasteiger partial charge in [-0.1, -0.05) is 0 Å². The molecule has 4 nitrogen and oxygen atoms in total. The Hall–Kier alpha value is -0.160. The normalized spacial score (nSPS) is 22.8. The molecule has 1 aliphatic rings. The number of aliphatic hydroxyl groups is 1. The van der Waals surface area contributed by atoms with Crippen LogP contribution in [-0.2, 0) is 4.74 Å². The Bertz CT molecular complexity index is 242. The smallest absolute Gasteiger partial charge is 0.0609 e. The first-order valence-electron chi connectivity index (χ1n) is 7.05. The van der Waals surface area contributed by atoms with Crippen LogP contribution in [0.1, 0.15) is 40.0 Å². The lowest BCUT2D eigenvalue weighted by atomic mass is 9.94. The van der Waals surface area contributed by atoms with E-state index in [2.05, 4.69) is 18.7 Å². The second-order valence-electron chi connectivity index (χ2n) is 6.17. The van der Waals surface area contributed by atoms with E-state index in [0.717, 1.165) is 25.5 Å². The summed E-state index contributed by atoms with van der Waals surface area (Å²) in [6, 6.07) is 0.961. The topological polar surface area (TPSA) is 58.7 Å². The minimum atomic E-state index is -0.492. The Morgan fingerprint density at radius 2 is 2.06 bits per heavy atom. The fourth-order valence-electron chi connectivity index (χ4n) is 2.73. The van der Waals surface area contributed by atoms with Gasteiger partial charge >= 0.3 is 0 Å². The summed E-state index contributed by atoms with van der Waals surface area (Å²) in [5, 5.41) is 9.29. The summed E-state index contributed by atoms with van der Waals surface area (Å²) < 4.78 is 5.21. The Balaban J connectivity index is 2.56. The largest absolute Gasteiger partial charge is 0.394 e. The van der Waals surface area contributed by atoms with Crippen molar-refractivity contribution < 1.29 is 9.84 Å². The van der Waals surface area contributed by atoms with Gasteiger partial charge in [-0.25, -0.2) is 0 Å². The monoisotopic (exact) mass is 258 g/mol. The molecule has 1 saturated carbocycles. The van der Waals surface area contributed by atoms with Gasteiger partial charge in [-0.3, -0.25) is 4.90 Å². The average Bonchev–Trinajstić information content (AvgIpc) is 3.12. The minimum absolute atomic E-state index is 0.0350. The van der Waals surface area contributed by atoms with Crippen LogP contribution < -0.4 is 5.73 Å². The van der Waals surface area contributed by atoms with Gasteiger partial charge in [-0.05, 0) is 46.0 Å². The number of nitrogens with zero attached hydrogens (tertiary/aromatic N) is 1. The number of ether oxygens (including phenoxy) is 1. The summed E-state index contributed by atoms with van der Waals surface area (Å²) in [5.41, 5.74) is 5.58. The van der Waals surface area contributed by atoms with Crippen LogP contribution in [0.4, 0.5) is 0 Å². The summed E-state index contributed by atoms with van der Waals surface area (Å²) in [6.07, 6.45) is 3.50. The van der Waals surface area contributed by atoms with Crippen LogP contribution in [0.25, 0.3) is 0 Å². The molecule has 0 saturated heterocycles. The van der Waals surface area contributed by atoms with E-state index in [9.17, 15) is 5.11 Å². The molecule has 0 heterocycles. The van der Waals surface area contributed by atoms with Gasteiger partial charge in [0.25, 0.3) is 0 Å². The molecule has 0 aliphatic heterocycles. The van der Waals surface area contributed by atoms with Crippen molar-refractivity contribution in [1.82, 2.24) is 4.90 Å². The molecule has 0 amide bonds. The van der Waals surface area contributed by atoms with Crippen LogP contribution >= 0.6 is 0 Å². The predicted molar refractivity (Wildman–Crippen MR) is 74.5 cm³/mol. The molecule has 1 rings (SSSR count). The van der Waals surface area contributed by atoms with Crippen molar-refractivity contribution in [3.05, 3.63) is 0 Å². The highest BCUT2D eigenvalue weighted by atomic mass is 16.5. The molecule has 0 aromatic rings. The summed E-state index contributed by atoms with van der Waals surface area (Å²) in [5.74, 6) is 0.836. The van der Waals surface area contributed by atoms with E-state index >= 15 is 0 Å². The van der Waals surface area contributed by atoms with Crippen molar-refractivity contribution in [3.8, 4) is 0 Å². The predicted octanol–water partition coefficient (Wildman–Crippen LogP) is 1.22. The van der Waals surface area contributed by atoms with Gasteiger partial charge in [0, 0.05) is 31.3 Å². The zero-order valence-corrected chi connectivity index (χ0v) is 12.4. The first kappa shape index (κ1) is 15.9. The molecule has 0 radical (unpaired) electrons. The van der Waals surface area contributed by atoms with Crippen LogP contribution in [0.3, 0.4) is 0 Å². The van der Waals surface area contributed by atoms with Gasteiger partial charge in [0.2, 0.25) is 0 Å². The molecule has 3 N–H and O–H groups in total. The zero-order chi connectivity index (χ0) is 13.8. The van der Waals surface area contributed by atoms with Crippen molar-refractivity contribution in [3.63, 3.8) is 0 Å². The van der Waals surface area contributed by atoms with Crippen molar-refractivity contribution >= 4 is 0 Å². The quantitative estimate of drug-likeness (QED) is 0.653. The fraction of sp³-hybridized carbons (Fsp3) is 1.00. The highest BCUT2D eigenvalue weighted by molar-refractivity contribution is 4.90. The number of nitrogens with two attached hydrogens (primary N) is 1. The summed E-state index contributed by atoms with van der Waals surface area (Å²) in [7, 11) is 1.74. The standard InChI is InChI=1S/C14H30N2O2/c1-11(9-14(3,15)10-17)16(7-8-18-4)12(2)13-5-6-13/h11-13,17H,5-10,15H2,1-4H3. The van der Waals surface area contributed by atoms with Crippen LogP contribution in [0.2, 0.25) is 0 Å². The average molecular weight is 258 g/mol. The molecule has 108 valence electrons. The molecule has 18 heavy (non-hydrogen) atoms. The minimum Gasteiger partial charge on any atom is -0.394 e. The summed E-state index contributed by atoms with van der Waals surface area (Å²) >= 11 is 0. The van der Waals surface area contributed by atoms with Crippen LogP contribution in [0.15, 0.2) is 0 Å². The molecule has 1 fully saturated rings. The molecule has 0 spiro atoms. The van der Waals surface area contributed by atoms with Crippen LogP contribution in [0, 0.1) is 5.92 Å². The molecule has 4 heteroatoms. The number of hydrogen-bond acceptors (Lipinski definition) is 4. The van der Waals surface area contributed by atoms with Gasteiger partial charge in [-0.15, -0.1) is 0 Å². The van der Waals surface area contributed by atoms with E-state index in [1.54, 1.807) is 7.11 Å². The fourth-order valence-corrected chi connectivity index (χ4v) is 2.73. The molecular weight excluding hydrogens is 228 g/mol. The molecule has 3 unspecified atom stereocenters. The third-order valence-corrected chi connectivity index (χ3v) is 4.07. The van der Waals surface area contributed by atoms with Crippen LogP contribution in [0.5, 0.6) is 0 Å². The Morgan fingerprint density at radius 3 is 2.50 bits per heavy atom. The van der Waals surface area contributed by atoms with E-state index < -0.39 is 5.54 Å². The Labute approximate surface area is 111 Å². The van der Waals surface area contributed by atoms with Crippen molar-refractivity contribution in [2.75, 3.05) is 26.9 Å². The highest BCUT2D eigenvalue weighted by Crippen LogP contribution is 2.36. The molecule has 0 aromatic heterocycles. The second-order valence-corrected chi connectivity index (χ2v) is 6.17. The number of hydrogen-bond donors (Lipinski definition) is 2. The summed E-state index contributed by atoms with van der Waals surface area (Å²) in [4.78, 5) is 2.49. The van der Waals surface area contributed by atoms with Gasteiger partial charge < -0.3 is 15.6 Å². The van der Waals surface area contributed by atoms with E-state index in [1.165, 1.54) is 12.8 Å². The second kappa shape index (κ2) is 6.85. The van der Waals surface area contributed by atoms with Crippen molar-refractivity contribution in [1.29, 1.82) is 0 Å². The van der Waals surface area contributed by atoms with Crippen molar-refractivity contribution in [2.24, 2.45) is 11.7 Å². The van der Waals surface area contributed by atoms with E-state index in [-0.39, 0.29) is 6.61 Å². The van der Waals surface area contributed by atoms with E-state index in [0.29, 0.717) is 12.1 Å². The zero-order valence-electron chi connectivity index (χ0n) is 12.4. The lowest BCUT2D eigenvalue weighted by Gasteiger charge is -2.38. The molecule has 0 bridgehead atoms. The van der Waals surface area contributed by atoms with E-state index in [4.69, 9.17) is 10.5 Å². The van der Waals surface area contributed by atoms with Gasteiger partial charge in [0.05, 0.1) is 13.2 Å². The van der Waals surface area contributed by atoms with Gasteiger partial charge in [-0.2, -0.15) is 0 Å². The third-order valence-electron chi connectivity index (χ3n) is 4.07. The maximum absolute atomic E-state index is 9.29. The summed E-state index contributed by atoms with van der Waals surface area (Å²) in [6.45, 7) is 8.15. The number of rotatable bonds is 9. The molecule has 1 aliphatic carbocycles. The molecule has 0 aromatic carbocycles. The third kappa shape index (κ3) is 4.84. The van der Waals surface area contributed by atoms with Gasteiger partial charge in [0.15, 0.2) is 0 Å². The maximum Gasteiger partial charge on any atom is 0.0609 e. The first-order chi connectivity index (χ1) is 8.41. The number of aliphatic hydroxyl groups excluding tert-OH is 1. The lowest BCUT2D eigenvalue weighted by Crippen LogP contribution is -2.50. The van der Waals surface area contributed by atoms with Gasteiger partial charge in [0.1, 0.15) is 0 Å². The first-order valence-corrected chi connectivity index (χ1v) is 7.05. The van der Waals surface area contributed by atoms with Crippen molar-refractivity contribution in [2.45, 2.75) is 57.7 Å². The Morgan fingerprint density at radius 1 is 1.44 bits per heavy atom. The Kier molecular flexibility index (Phi) is 6.05. The highest BCUT2D eigenvalue weighted by Gasteiger charge is 2.35. The van der Waals surface area contributed by atoms with E-state index in [1.807, 2.05) is 6.92 Å². The van der Waals surface area contributed by atoms with Crippen LogP contribution in [-0.4, -0.2) is 54.5 Å². The lowest BCUT2D eigenvalue weighted by molar-refractivity contribution is 0.0673. The maximum atomic E-state index is 9.29. The molecular formula is C14H30N2O2.